The van der Waals surface area contributed by atoms with E-state index in [2.05, 4.69) is 28.8 Å². The van der Waals surface area contributed by atoms with Gasteiger partial charge in [0.25, 0.3) is 0 Å². The molecule has 1 N–H and O–H groups in total. The molecule has 2 rings (SSSR count). The summed E-state index contributed by atoms with van der Waals surface area (Å²) in [6, 6.07) is 0. The van der Waals surface area contributed by atoms with Gasteiger partial charge in [-0.2, -0.15) is 23.5 Å². The zero-order valence-electron chi connectivity index (χ0n) is 10.2. The van der Waals surface area contributed by atoms with E-state index in [1.54, 1.807) is 0 Å². The summed E-state index contributed by atoms with van der Waals surface area (Å²) in [5.41, 5.74) is 0. The van der Waals surface area contributed by atoms with Crippen LogP contribution >= 0.6 is 23.5 Å². The van der Waals surface area contributed by atoms with Gasteiger partial charge in [0.15, 0.2) is 0 Å². The van der Waals surface area contributed by atoms with Crippen molar-refractivity contribution >= 4 is 23.5 Å². The average molecular weight is 259 g/mol. The standard InChI is InChI=1S/C13H25NS2/c1-2-4-12(5-3-1)6-7-14-10-13-11-15-8-9-16-13/h12-14H,1-11H2. The van der Waals surface area contributed by atoms with E-state index >= 15 is 0 Å². The molecule has 1 aliphatic carbocycles. The Balaban J connectivity index is 1.47. The highest BCUT2D eigenvalue weighted by atomic mass is 32.2. The SMILES string of the molecule is C1CCC(CCNCC2CSCCS2)CC1. The molecule has 2 aliphatic rings. The van der Waals surface area contributed by atoms with Crippen molar-refractivity contribution in [2.24, 2.45) is 5.92 Å². The molecule has 1 heterocycles. The van der Waals surface area contributed by atoms with Crippen LogP contribution in [0.3, 0.4) is 0 Å². The molecule has 0 aromatic rings. The molecule has 0 radical (unpaired) electrons. The summed E-state index contributed by atoms with van der Waals surface area (Å²) in [4.78, 5) is 0. The lowest BCUT2D eigenvalue weighted by molar-refractivity contribution is 0.334. The van der Waals surface area contributed by atoms with E-state index in [-0.39, 0.29) is 0 Å². The molecule has 16 heavy (non-hydrogen) atoms. The predicted octanol–water partition coefficient (Wildman–Crippen LogP) is 3.40. The van der Waals surface area contributed by atoms with Gasteiger partial charge in [-0.1, -0.05) is 32.1 Å². The molecule has 3 heteroatoms. The van der Waals surface area contributed by atoms with Gasteiger partial charge in [0.1, 0.15) is 0 Å². The second-order valence-corrected chi connectivity index (χ2v) is 7.62. The van der Waals surface area contributed by atoms with Gasteiger partial charge in [-0.3, -0.25) is 0 Å². The highest BCUT2D eigenvalue weighted by Gasteiger charge is 2.15. The molecule has 1 saturated heterocycles. The lowest BCUT2D eigenvalue weighted by atomic mass is 9.87. The summed E-state index contributed by atoms with van der Waals surface area (Å²) in [6.45, 7) is 2.50. The quantitative estimate of drug-likeness (QED) is 0.760. The number of rotatable bonds is 5. The molecular weight excluding hydrogens is 234 g/mol. The minimum Gasteiger partial charge on any atom is -0.316 e. The smallest absolute Gasteiger partial charge is 0.0263 e. The molecular formula is C13H25NS2. The average Bonchev–Trinajstić information content (AvgIpc) is 2.37. The lowest BCUT2D eigenvalue weighted by Crippen LogP contribution is -2.30. The maximum absolute atomic E-state index is 3.67. The van der Waals surface area contributed by atoms with Crippen LogP contribution in [0.1, 0.15) is 38.5 Å². The molecule has 0 bridgehead atoms. The van der Waals surface area contributed by atoms with Gasteiger partial charge in [-0.05, 0) is 18.9 Å². The summed E-state index contributed by atoms with van der Waals surface area (Å²) in [7, 11) is 0. The summed E-state index contributed by atoms with van der Waals surface area (Å²) >= 11 is 4.29. The number of hydrogen-bond donors (Lipinski definition) is 1. The molecule has 1 unspecified atom stereocenters. The largest absolute Gasteiger partial charge is 0.316 e. The van der Waals surface area contributed by atoms with Crippen molar-refractivity contribution in [2.75, 3.05) is 30.3 Å². The topological polar surface area (TPSA) is 12.0 Å². The van der Waals surface area contributed by atoms with Crippen molar-refractivity contribution < 1.29 is 0 Å². The van der Waals surface area contributed by atoms with Crippen LogP contribution in [0.25, 0.3) is 0 Å². The normalized spacial score (nSPS) is 28.1. The van der Waals surface area contributed by atoms with Crippen LogP contribution in [-0.4, -0.2) is 35.6 Å². The van der Waals surface area contributed by atoms with Crippen LogP contribution in [-0.2, 0) is 0 Å². The Hall–Kier alpha value is 0.660. The second kappa shape index (κ2) is 7.88. The summed E-state index contributed by atoms with van der Waals surface area (Å²) in [6.07, 6.45) is 8.87. The van der Waals surface area contributed by atoms with E-state index in [0.717, 1.165) is 11.2 Å². The third-order valence-electron chi connectivity index (χ3n) is 3.71. The lowest BCUT2D eigenvalue weighted by Gasteiger charge is -2.23. The van der Waals surface area contributed by atoms with E-state index in [1.807, 2.05) is 0 Å². The number of hydrogen-bond acceptors (Lipinski definition) is 3. The molecule has 1 aliphatic heterocycles. The van der Waals surface area contributed by atoms with Gasteiger partial charge in [-0.15, -0.1) is 0 Å². The first-order chi connectivity index (χ1) is 7.95. The fourth-order valence-electron chi connectivity index (χ4n) is 2.70. The fraction of sp³-hybridized carbons (Fsp3) is 1.00. The Labute approximate surface area is 109 Å². The van der Waals surface area contributed by atoms with E-state index < -0.39 is 0 Å². The molecule has 94 valence electrons. The molecule has 0 spiro atoms. The fourth-order valence-corrected chi connectivity index (χ4v) is 5.35. The Morgan fingerprint density at radius 2 is 1.94 bits per heavy atom. The van der Waals surface area contributed by atoms with Crippen LogP contribution < -0.4 is 5.32 Å². The highest BCUT2D eigenvalue weighted by Crippen LogP contribution is 2.26. The second-order valence-electron chi connectivity index (χ2n) is 5.06. The Kier molecular flexibility index (Phi) is 6.46. The first kappa shape index (κ1) is 13.1. The highest BCUT2D eigenvalue weighted by molar-refractivity contribution is 8.06. The summed E-state index contributed by atoms with van der Waals surface area (Å²) in [5.74, 6) is 5.12. The Morgan fingerprint density at radius 1 is 1.06 bits per heavy atom. The third kappa shape index (κ3) is 4.89. The first-order valence-corrected chi connectivity index (χ1v) is 9.05. The van der Waals surface area contributed by atoms with Crippen molar-refractivity contribution in [1.82, 2.24) is 5.32 Å². The number of thioether (sulfide) groups is 2. The van der Waals surface area contributed by atoms with Crippen molar-refractivity contribution in [3.63, 3.8) is 0 Å². The van der Waals surface area contributed by atoms with Crippen LogP contribution in [0.4, 0.5) is 0 Å². The van der Waals surface area contributed by atoms with Crippen LogP contribution in [0.15, 0.2) is 0 Å². The van der Waals surface area contributed by atoms with Crippen molar-refractivity contribution in [2.45, 2.75) is 43.8 Å². The van der Waals surface area contributed by atoms with E-state index in [4.69, 9.17) is 0 Å². The first-order valence-electron chi connectivity index (χ1n) is 6.85. The van der Waals surface area contributed by atoms with Crippen molar-refractivity contribution in [3.8, 4) is 0 Å². The Morgan fingerprint density at radius 3 is 2.69 bits per heavy atom. The predicted molar refractivity (Wildman–Crippen MR) is 77.6 cm³/mol. The maximum Gasteiger partial charge on any atom is 0.0263 e. The van der Waals surface area contributed by atoms with E-state index in [1.165, 1.54) is 68.9 Å². The summed E-state index contributed by atoms with van der Waals surface area (Å²) in [5, 5.41) is 4.55. The molecule has 1 saturated carbocycles. The molecule has 2 fully saturated rings. The third-order valence-corrected chi connectivity index (χ3v) is 6.56. The van der Waals surface area contributed by atoms with Gasteiger partial charge < -0.3 is 5.32 Å². The Bertz CT molecular complexity index is 155. The number of nitrogens with one attached hydrogen (secondary N) is 1. The van der Waals surface area contributed by atoms with Crippen molar-refractivity contribution in [3.05, 3.63) is 0 Å². The van der Waals surface area contributed by atoms with Crippen LogP contribution in [0, 0.1) is 5.92 Å². The summed E-state index contributed by atoms with van der Waals surface area (Å²) < 4.78 is 0. The molecule has 1 nitrogen and oxygen atoms in total. The maximum atomic E-state index is 3.67. The molecule has 1 atom stereocenters. The molecule has 0 aromatic heterocycles. The van der Waals surface area contributed by atoms with Gasteiger partial charge >= 0.3 is 0 Å². The van der Waals surface area contributed by atoms with Gasteiger partial charge in [-0.25, -0.2) is 0 Å². The van der Waals surface area contributed by atoms with Crippen LogP contribution in [0.5, 0.6) is 0 Å². The van der Waals surface area contributed by atoms with Gasteiger partial charge in [0.2, 0.25) is 0 Å². The van der Waals surface area contributed by atoms with E-state index in [0.29, 0.717) is 0 Å². The van der Waals surface area contributed by atoms with Gasteiger partial charge in [0.05, 0.1) is 0 Å². The van der Waals surface area contributed by atoms with Gasteiger partial charge in [0, 0.05) is 29.1 Å². The monoisotopic (exact) mass is 259 g/mol. The molecule has 0 aromatic carbocycles. The minimum absolute atomic E-state index is 0.880. The zero-order chi connectivity index (χ0) is 11.1. The zero-order valence-corrected chi connectivity index (χ0v) is 11.9. The van der Waals surface area contributed by atoms with Crippen LogP contribution in [0.2, 0.25) is 0 Å². The minimum atomic E-state index is 0.880. The van der Waals surface area contributed by atoms with Crippen molar-refractivity contribution in [1.29, 1.82) is 0 Å². The molecule has 0 amide bonds. The van der Waals surface area contributed by atoms with E-state index in [9.17, 15) is 0 Å².